The molecule has 0 unspecified atom stereocenters. The quantitative estimate of drug-likeness (QED) is 0.513. The van der Waals surface area contributed by atoms with Crippen LogP contribution in [0.1, 0.15) is 46.2 Å². The Morgan fingerprint density at radius 1 is 1.21 bits per heavy atom. The molecule has 3 aromatic heterocycles. The van der Waals surface area contributed by atoms with Crippen LogP contribution in [0.25, 0.3) is 32.5 Å². The minimum atomic E-state index is 0. The van der Waals surface area contributed by atoms with E-state index in [4.69, 9.17) is 10.8 Å². The number of hydrogen-bond acceptors (Lipinski definition) is 7. The van der Waals surface area contributed by atoms with Crippen LogP contribution in [0.15, 0.2) is 24.5 Å². The Labute approximate surface area is 174 Å². The van der Waals surface area contributed by atoms with Gasteiger partial charge in [-0.25, -0.2) is 19.6 Å². The van der Waals surface area contributed by atoms with Crippen molar-refractivity contribution >= 4 is 44.2 Å². The summed E-state index contributed by atoms with van der Waals surface area (Å²) in [7, 11) is 0. The molecule has 0 fully saturated rings. The van der Waals surface area contributed by atoms with Crippen molar-refractivity contribution in [2.45, 2.75) is 47.6 Å². The molecule has 3 heterocycles. The highest BCUT2D eigenvalue weighted by molar-refractivity contribution is 7.18. The molecule has 0 aliphatic carbocycles. The molecule has 2 N–H and O–H groups in total. The van der Waals surface area contributed by atoms with E-state index in [0.29, 0.717) is 12.2 Å². The molecular formula is C21H26N6OS. The highest BCUT2D eigenvalue weighted by atomic mass is 32.1. The van der Waals surface area contributed by atoms with E-state index in [9.17, 15) is 4.79 Å². The van der Waals surface area contributed by atoms with Gasteiger partial charge in [0, 0.05) is 17.5 Å². The van der Waals surface area contributed by atoms with E-state index < -0.39 is 0 Å². The molecule has 0 saturated heterocycles. The van der Waals surface area contributed by atoms with Crippen molar-refractivity contribution in [3.63, 3.8) is 0 Å². The molecule has 4 rings (SSSR count). The fraction of sp³-hybridized carbons (Fsp3) is 0.381. The molecular weight excluding hydrogens is 384 g/mol. The predicted molar refractivity (Wildman–Crippen MR) is 119 cm³/mol. The lowest BCUT2D eigenvalue weighted by Gasteiger charge is -2.05. The van der Waals surface area contributed by atoms with Gasteiger partial charge < -0.3 is 5.73 Å². The third kappa shape index (κ3) is 3.72. The van der Waals surface area contributed by atoms with Crippen LogP contribution in [0.5, 0.6) is 0 Å². The number of Topliss-reactive ketones (excluding diaryl/α,β-unsaturated/α-hetero) is 1. The number of hydrogen-bond donors (Lipinski definition) is 1. The zero-order valence-electron chi connectivity index (χ0n) is 16.3. The van der Waals surface area contributed by atoms with Crippen LogP contribution >= 0.6 is 11.3 Å². The zero-order chi connectivity index (χ0) is 20.0. The van der Waals surface area contributed by atoms with Crippen LogP contribution in [0.3, 0.4) is 0 Å². The molecule has 1 aromatic carbocycles. The van der Waals surface area contributed by atoms with Crippen molar-refractivity contribution < 1.29 is 4.79 Å². The number of carbonyl (C=O) groups excluding carboxylic acids is 1. The number of carbonyl (C=O) groups is 1. The standard InChI is InChI=1S/C20H22N6OS.CH4/c1-10(2)14(27)8-16-24-13-6-5-12(7-15(13)28-16)18-17-19(21)22-9-23-20(17)26(25-18)11(3)4;/h5-7,9-11H,8H2,1-4H3,(H2,21,22,23);1H4. The van der Waals surface area contributed by atoms with Gasteiger partial charge in [-0.3, -0.25) is 4.79 Å². The summed E-state index contributed by atoms with van der Waals surface area (Å²) in [5.74, 6) is 0.627. The number of rotatable bonds is 5. The minimum absolute atomic E-state index is 0. The third-order valence-electron chi connectivity index (χ3n) is 4.68. The van der Waals surface area contributed by atoms with Gasteiger partial charge in [0.25, 0.3) is 0 Å². The molecule has 29 heavy (non-hydrogen) atoms. The van der Waals surface area contributed by atoms with E-state index in [1.807, 2.05) is 30.7 Å². The van der Waals surface area contributed by atoms with Gasteiger partial charge in [-0.15, -0.1) is 11.3 Å². The summed E-state index contributed by atoms with van der Waals surface area (Å²) in [5, 5.41) is 6.37. The van der Waals surface area contributed by atoms with E-state index in [1.165, 1.54) is 6.33 Å². The van der Waals surface area contributed by atoms with Gasteiger partial charge in [-0.2, -0.15) is 5.10 Å². The summed E-state index contributed by atoms with van der Waals surface area (Å²) in [6, 6.07) is 6.14. The van der Waals surface area contributed by atoms with E-state index >= 15 is 0 Å². The molecule has 7 nitrogen and oxygen atoms in total. The average Bonchev–Trinajstić information content (AvgIpc) is 3.22. The maximum Gasteiger partial charge on any atom is 0.164 e. The molecule has 152 valence electrons. The Morgan fingerprint density at radius 2 is 1.97 bits per heavy atom. The average molecular weight is 411 g/mol. The maximum atomic E-state index is 12.1. The SMILES string of the molecule is C.CC(C)C(=O)Cc1nc2ccc(-c3nn(C(C)C)c4ncnc(N)c34)cc2s1. The second kappa shape index (κ2) is 7.87. The van der Waals surface area contributed by atoms with Gasteiger partial charge in [0.1, 0.15) is 28.6 Å². The molecule has 0 saturated carbocycles. The highest BCUT2D eigenvalue weighted by Gasteiger charge is 2.19. The lowest BCUT2D eigenvalue weighted by molar-refractivity contribution is -0.121. The topological polar surface area (TPSA) is 99.6 Å². The molecule has 0 bridgehead atoms. The second-order valence-corrected chi connectivity index (χ2v) is 8.55. The maximum absolute atomic E-state index is 12.1. The van der Waals surface area contributed by atoms with Crippen LogP contribution < -0.4 is 5.73 Å². The summed E-state index contributed by atoms with van der Waals surface area (Å²) < 4.78 is 2.89. The predicted octanol–water partition coefficient (Wildman–Crippen LogP) is 4.67. The van der Waals surface area contributed by atoms with Gasteiger partial charge in [0.15, 0.2) is 5.65 Å². The lowest BCUT2D eigenvalue weighted by Crippen LogP contribution is -2.09. The summed E-state index contributed by atoms with van der Waals surface area (Å²) in [6.45, 7) is 7.94. The number of anilines is 1. The Balaban J connectivity index is 0.00000240. The minimum Gasteiger partial charge on any atom is -0.383 e. The third-order valence-corrected chi connectivity index (χ3v) is 5.70. The number of nitrogen functional groups attached to an aromatic ring is 1. The number of thiazole rings is 1. The van der Waals surface area contributed by atoms with E-state index in [-0.39, 0.29) is 25.2 Å². The number of nitrogens with zero attached hydrogens (tertiary/aromatic N) is 5. The first-order valence-electron chi connectivity index (χ1n) is 9.26. The second-order valence-electron chi connectivity index (χ2n) is 7.43. The monoisotopic (exact) mass is 410 g/mol. The van der Waals surface area contributed by atoms with Crippen molar-refractivity contribution in [3.05, 3.63) is 29.5 Å². The summed E-state index contributed by atoms with van der Waals surface area (Å²) in [4.78, 5) is 25.2. The van der Waals surface area contributed by atoms with Gasteiger partial charge in [0.2, 0.25) is 0 Å². The van der Waals surface area contributed by atoms with Crippen LogP contribution in [0.2, 0.25) is 0 Å². The molecule has 0 radical (unpaired) electrons. The van der Waals surface area contributed by atoms with Crippen molar-refractivity contribution in [1.82, 2.24) is 24.7 Å². The Kier molecular flexibility index (Phi) is 5.66. The fourth-order valence-corrected chi connectivity index (χ4v) is 4.12. The van der Waals surface area contributed by atoms with Crippen LogP contribution in [0, 0.1) is 5.92 Å². The van der Waals surface area contributed by atoms with E-state index in [2.05, 4.69) is 34.9 Å². The van der Waals surface area contributed by atoms with Crippen LogP contribution in [-0.2, 0) is 11.2 Å². The normalized spacial score (nSPS) is 11.5. The fourth-order valence-electron chi connectivity index (χ4n) is 3.11. The summed E-state index contributed by atoms with van der Waals surface area (Å²) in [6.07, 6.45) is 1.84. The Bertz CT molecular complexity index is 1190. The largest absolute Gasteiger partial charge is 0.383 e. The first-order valence-corrected chi connectivity index (χ1v) is 10.1. The smallest absolute Gasteiger partial charge is 0.164 e. The zero-order valence-corrected chi connectivity index (χ0v) is 17.1. The van der Waals surface area contributed by atoms with Gasteiger partial charge >= 0.3 is 0 Å². The van der Waals surface area contributed by atoms with Gasteiger partial charge in [-0.1, -0.05) is 27.3 Å². The molecule has 8 heteroatoms. The Hall–Kier alpha value is -2.87. The van der Waals surface area contributed by atoms with Crippen molar-refractivity contribution in [3.8, 4) is 11.3 Å². The summed E-state index contributed by atoms with van der Waals surface area (Å²) >= 11 is 1.55. The lowest BCUT2D eigenvalue weighted by atomic mass is 10.1. The number of aromatic nitrogens is 5. The summed E-state index contributed by atoms with van der Waals surface area (Å²) in [5.41, 5.74) is 9.46. The van der Waals surface area contributed by atoms with E-state index in [0.717, 1.165) is 37.5 Å². The van der Waals surface area contributed by atoms with Gasteiger partial charge in [0.05, 0.1) is 22.0 Å². The number of benzene rings is 1. The van der Waals surface area contributed by atoms with Crippen LogP contribution in [-0.4, -0.2) is 30.5 Å². The first-order chi connectivity index (χ1) is 13.3. The first kappa shape index (κ1) is 20.9. The molecule has 0 aliphatic heterocycles. The van der Waals surface area contributed by atoms with E-state index in [1.54, 1.807) is 11.3 Å². The molecule has 0 atom stereocenters. The molecule has 0 amide bonds. The number of ketones is 1. The molecule has 0 aliphatic rings. The van der Waals surface area contributed by atoms with Crippen molar-refractivity contribution in [1.29, 1.82) is 0 Å². The highest BCUT2D eigenvalue weighted by Crippen LogP contribution is 2.34. The van der Waals surface area contributed by atoms with Crippen LogP contribution in [0.4, 0.5) is 5.82 Å². The molecule has 0 spiro atoms. The number of fused-ring (bicyclic) bond motifs is 2. The Morgan fingerprint density at radius 3 is 2.66 bits per heavy atom. The number of nitrogens with two attached hydrogens (primary N) is 1. The van der Waals surface area contributed by atoms with Crippen molar-refractivity contribution in [2.24, 2.45) is 5.92 Å². The van der Waals surface area contributed by atoms with Crippen molar-refractivity contribution in [2.75, 3.05) is 5.73 Å². The van der Waals surface area contributed by atoms with Gasteiger partial charge in [-0.05, 0) is 26.0 Å². The molecule has 4 aromatic rings.